The lowest BCUT2D eigenvalue weighted by atomic mass is 9.95. The van der Waals surface area contributed by atoms with Crippen LogP contribution < -0.4 is 0 Å². The van der Waals surface area contributed by atoms with E-state index >= 15 is 0 Å². The summed E-state index contributed by atoms with van der Waals surface area (Å²) in [4.78, 5) is 73.1. The monoisotopic (exact) mass is 543 g/mol. The van der Waals surface area contributed by atoms with Gasteiger partial charge in [-0.2, -0.15) is 0 Å². The molecule has 1 aromatic rings. The fraction of sp³-hybridized carbons (Fsp3) is 0.636. The molecule has 0 radical (unpaired) electrons. The minimum absolute atomic E-state index is 0.0592. The SMILES string of the molecule is CCOC(=O)c1nnn([C@H]2[C@H](OC(C)=O)[C@@H](COC(C)=O)OC(OC(C)=O)[C@@H]2OC(C)=O)c1C(=O)OCC. The zero-order valence-corrected chi connectivity index (χ0v) is 21.7. The lowest BCUT2D eigenvalue weighted by Crippen LogP contribution is -2.60. The number of hydrogen-bond donors (Lipinski definition) is 0. The van der Waals surface area contributed by atoms with Gasteiger partial charge in [0.1, 0.15) is 18.8 Å². The van der Waals surface area contributed by atoms with Crippen LogP contribution in [0, 0.1) is 0 Å². The summed E-state index contributed by atoms with van der Waals surface area (Å²) in [6.45, 7) is 6.66. The molecule has 0 amide bonds. The summed E-state index contributed by atoms with van der Waals surface area (Å²) in [5.41, 5.74) is -1.07. The van der Waals surface area contributed by atoms with Crippen molar-refractivity contribution in [2.75, 3.05) is 19.8 Å². The Bertz CT molecular complexity index is 1070. The number of hydrogen-bond acceptors (Lipinski definition) is 15. The predicted molar refractivity (Wildman–Crippen MR) is 119 cm³/mol. The van der Waals surface area contributed by atoms with Crippen LogP contribution in [0.5, 0.6) is 0 Å². The maximum absolute atomic E-state index is 13.0. The van der Waals surface area contributed by atoms with Crippen molar-refractivity contribution in [2.24, 2.45) is 0 Å². The molecule has 1 unspecified atom stereocenters. The van der Waals surface area contributed by atoms with E-state index in [1.54, 1.807) is 0 Å². The number of aromatic nitrogens is 3. The summed E-state index contributed by atoms with van der Waals surface area (Å²) in [6.07, 6.45) is -6.06. The van der Waals surface area contributed by atoms with E-state index in [9.17, 15) is 28.8 Å². The van der Waals surface area contributed by atoms with Gasteiger partial charge in [-0.15, -0.1) is 5.10 Å². The average molecular weight is 543 g/mol. The molecule has 16 heteroatoms. The molecule has 210 valence electrons. The number of ether oxygens (including phenoxy) is 7. The number of carbonyl (C=O) groups excluding carboxylic acids is 6. The third-order valence-corrected chi connectivity index (χ3v) is 4.87. The van der Waals surface area contributed by atoms with Crippen LogP contribution in [0.25, 0.3) is 0 Å². The summed E-state index contributed by atoms with van der Waals surface area (Å²) < 4.78 is 37.6. The lowest BCUT2D eigenvalue weighted by Gasteiger charge is -2.44. The first kappa shape index (κ1) is 30.1. The Labute approximate surface area is 216 Å². The van der Waals surface area contributed by atoms with Gasteiger partial charge < -0.3 is 33.2 Å². The lowest BCUT2D eigenvalue weighted by molar-refractivity contribution is -0.285. The summed E-state index contributed by atoms with van der Waals surface area (Å²) in [7, 11) is 0. The molecule has 0 saturated carbocycles. The van der Waals surface area contributed by atoms with Gasteiger partial charge in [0.05, 0.1) is 13.2 Å². The van der Waals surface area contributed by atoms with Crippen molar-refractivity contribution in [1.29, 1.82) is 0 Å². The molecule has 0 aromatic carbocycles. The Morgan fingerprint density at radius 3 is 1.84 bits per heavy atom. The van der Waals surface area contributed by atoms with Crippen LogP contribution >= 0.6 is 0 Å². The minimum Gasteiger partial charge on any atom is -0.463 e. The third kappa shape index (κ3) is 7.47. The van der Waals surface area contributed by atoms with E-state index in [-0.39, 0.29) is 13.2 Å². The molecule has 1 aliphatic rings. The minimum atomic E-state index is -1.65. The predicted octanol–water partition coefficient (Wildman–Crippen LogP) is -0.113. The van der Waals surface area contributed by atoms with Crippen LogP contribution in [0.2, 0.25) is 0 Å². The van der Waals surface area contributed by atoms with Crippen LogP contribution in [0.15, 0.2) is 0 Å². The van der Waals surface area contributed by atoms with Crippen LogP contribution in [0.4, 0.5) is 0 Å². The number of rotatable bonds is 10. The van der Waals surface area contributed by atoms with E-state index in [2.05, 4.69) is 10.3 Å². The quantitative estimate of drug-likeness (QED) is 0.279. The maximum Gasteiger partial charge on any atom is 0.361 e. The van der Waals surface area contributed by atoms with Crippen molar-refractivity contribution in [3.05, 3.63) is 11.4 Å². The fourth-order valence-corrected chi connectivity index (χ4v) is 3.65. The molecule has 1 aromatic heterocycles. The summed E-state index contributed by atoms with van der Waals surface area (Å²) in [5.74, 6) is -5.35. The Morgan fingerprint density at radius 1 is 0.763 bits per heavy atom. The van der Waals surface area contributed by atoms with Crippen molar-refractivity contribution in [1.82, 2.24) is 15.0 Å². The molecule has 2 rings (SSSR count). The van der Waals surface area contributed by atoms with E-state index in [4.69, 9.17) is 33.2 Å². The Kier molecular flexibility index (Phi) is 10.7. The third-order valence-electron chi connectivity index (χ3n) is 4.87. The van der Waals surface area contributed by atoms with Crippen LogP contribution in [-0.2, 0) is 52.3 Å². The highest BCUT2D eigenvalue weighted by Gasteiger charge is 2.54. The van der Waals surface area contributed by atoms with E-state index < -0.39 is 84.5 Å². The van der Waals surface area contributed by atoms with Crippen LogP contribution in [0.3, 0.4) is 0 Å². The zero-order valence-electron chi connectivity index (χ0n) is 21.7. The molecule has 0 spiro atoms. The molecular formula is C22H29N3O13. The maximum atomic E-state index is 13.0. The van der Waals surface area contributed by atoms with Gasteiger partial charge in [0.15, 0.2) is 17.9 Å². The summed E-state index contributed by atoms with van der Waals surface area (Å²) in [5, 5.41) is 7.63. The largest absolute Gasteiger partial charge is 0.463 e. The van der Waals surface area contributed by atoms with E-state index in [0.717, 1.165) is 32.4 Å². The zero-order chi connectivity index (χ0) is 28.6. The molecule has 2 heterocycles. The van der Waals surface area contributed by atoms with Gasteiger partial charge in [-0.25, -0.2) is 14.3 Å². The molecule has 1 aliphatic heterocycles. The highest BCUT2D eigenvalue weighted by Crippen LogP contribution is 2.36. The van der Waals surface area contributed by atoms with Crippen molar-refractivity contribution in [2.45, 2.75) is 72.2 Å². The Hall–Kier alpha value is -4.08. The van der Waals surface area contributed by atoms with Gasteiger partial charge in [-0.1, -0.05) is 5.21 Å². The molecule has 0 bridgehead atoms. The highest BCUT2D eigenvalue weighted by atomic mass is 16.7. The molecule has 0 N–H and O–H groups in total. The normalized spacial score (nSPS) is 22.5. The van der Waals surface area contributed by atoms with E-state index in [1.165, 1.54) is 13.8 Å². The summed E-state index contributed by atoms with van der Waals surface area (Å²) in [6, 6.07) is -1.50. The molecule has 5 atom stereocenters. The second-order valence-corrected chi connectivity index (χ2v) is 7.77. The van der Waals surface area contributed by atoms with Gasteiger partial charge in [0.2, 0.25) is 12.0 Å². The molecule has 1 saturated heterocycles. The Morgan fingerprint density at radius 2 is 1.32 bits per heavy atom. The molecule has 38 heavy (non-hydrogen) atoms. The van der Waals surface area contributed by atoms with E-state index in [0.29, 0.717) is 0 Å². The van der Waals surface area contributed by atoms with E-state index in [1.807, 2.05) is 0 Å². The first-order valence-corrected chi connectivity index (χ1v) is 11.5. The first-order valence-electron chi connectivity index (χ1n) is 11.5. The summed E-state index contributed by atoms with van der Waals surface area (Å²) >= 11 is 0. The van der Waals surface area contributed by atoms with Crippen LogP contribution in [0.1, 0.15) is 68.6 Å². The number of nitrogens with zero attached hydrogens (tertiary/aromatic N) is 3. The average Bonchev–Trinajstić information content (AvgIpc) is 3.24. The van der Waals surface area contributed by atoms with Gasteiger partial charge in [0.25, 0.3) is 0 Å². The second-order valence-electron chi connectivity index (χ2n) is 7.77. The topological polar surface area (TPSA) is 198 Å². The standard InChI is InChI=1S/C22H29N3O13/c1-7-32-20(30)15-16(21(31)33-8-2)25(24-23-15)17-18(35-11(4)27)14(9-34-10(3)26)38-22(37-13(6)29)19(17)36-12(5)28/h14,17-19,22H,7-9H2,1-6H3/t14-,17+,18-,19-,22?/m1/s1. The van der Waals surface area contributed by atoms with Crippen molar-refractivity contribution >= 4 is 35.8 Å². The molecule has 0 aliphatic carbocycles. The number of carbonyl (C=O) groups is 6. The molecular weight excluding hydrogens is 514 g/mol. The molecule has 1 fully saturated rings. The highest BCUT2D eigenvalue weighted by molar-refractivity contribution is 6.00. The fourth-order valence-electron chi connectivity index (χ4n) is 3.65. The van der Waals surface area contributed by atoms with Crippen molar-refractivity contribution < 1.29 is 61.9 Å². The number of esters is 6. The van der Waals surface area contributed by atoms with Gasteiger partial charge in [-0.3, -0.25) is 19.2 Å². The van der Waals surface area contributed by atoms with Crippen LogP contribution in [-0.4, -0.2) is 95.2 Å². The van der Waals surface area contributed by atoms with Gasteiger partial charge in [-0.05, 0) is 13.8 Å². The van der Waals surface area contributed by atoms with Gasteiger partial charge >= 0.3 is 35.8 Å². The van der Waals surface area contributed by atoms with Crippen molar-refractivity contribution in [3.8, 4) is 0 Å². The Balaban J connectivity index is 2.82. The van der Waals surface area contributed by atoms with Gasteiger partial charge in [0, 0.05) is 27.7 Å². The first-order chi connectivity index (χ1) is 17.9. The smallest absolute Gasteiger partial charge is 0.361 e. The molecule has 16 nitrogen and oxygen atoms in total. The second kappa shape index (κ2) is 13.5. The van der Waals surface area contributed by atoms with Crippen molar-refractivity contribution in [3.63, 3.8) is 0 Å².